The number of nitriles is 1. The van der Waals surface area contributed by atoms with E-state index in [1.807, 2.05) is 19.9 Å². The highest BCUT2D eigenvalue weighted by Crippen LogP contribution is 2.23. The Morgan fingerprint density at radius 1 is 1.42 bits per heavy atom. The lowest BCUT2D eigenvalue weighted by atomic mass is 9.89. The van der Waals surface area contributed by atoms with Crippen LogP contribution in [0.15, 0.2) is 6.07 Å². The molecule has 0 atom stereocenters. The first-order valence-corrected chi connectivity index (χ1v) is 6.51. The quantitative estimate of drug-likeness (QED) is 0.855. The van der Waals surface area contributed by atoms with Crippen molar-refractivity contribution in [3.63, 3.8) is 0 Å². The number of aryl methyl sites for hydroxylation is 2. The SMILES string of the molecule is COCCC(C)(C)CNc1nc(C)cc(C)c1C#N. The van der Waals surface area contributed by atoms with Crippen LogP contribution in [-0.2, 0) is 4.74 Å². The number of nitrogens with one attached hydrogen (secondary N) is 1. The Labute approximate surface area is 115 Å². The van der Waals surface area contributed by atoms with E-state index in [-0.39, 0.29) is 5.41 Å². The third kappa shape index (κ3) is 4.53. The number of hydrogen-bond acceptors (Lipinski definition) is 4. The second-order valence-electron chi connectivity index (χ2n) is 5.68. The van der Waals surface area contributed by atoms with Crippen LogP contribution in [0.2, 0.25) is 0 Å². The van der Waals surface area contributed by atoms with Crippen LogP contribution in [0.4, 0.5) is 5.82 Å². The Kier molecular flexibility index (Phi) is 5.31. The Morgan fingerprint density at radius 2 is 2.11 bits per heavy atom. The van der Waals surface area contributed by atoms with E-state index in [9.17, 15) is 5.26 Å². The standard InChI is InChI=1S/C15H23N3O/c1-11-8-12(2)18-14(13(11)9-16)17-10-15(3,4)6-7-19-5/h8H,6-7,10H2,1-5H3,(H,17,18). The maximum atomic E-state index is 9.21. The fraction of sp³-hybridized carbons (Fsp3) is 0.600. The van der Waals surface area contributed by atoms with Crippen molar-refractivity contribution in [3.8, 4) is 6.07 Å². The molecule has 0 aromatic carbocycles. The first-order chi connectivity index (χ1) is 8.89. The minimum Gasteiger partial charge on any atom is -0.385 e. The molecule has 0 radical (unpaired) electrons. The van der Waals surface area contributed by atoms with Crippen molar-refractivity contribution in [2.24, 2.45) is 5.41 Å². The van der Waals surface area contributed by atoms with Gasteiger partial charge in [-0.05, 0) is 37.3 Å². The zero-order chi connectivity index (χ0) is 14.5. The number of methoxy groups -OCH3 is 1. The molecule has 1 heterocycles. The smallest absolute Gasteiger partial charge is 0.144 e. The van der Waals surface area contributed by atoms with Crippen LogP contribution >= 0.6 is 0 Å². The van der Waals surface area contributed by atoms with Gasteiger partial charge >= 0.3 is 0 Å². The Morgan fingerprint density at radius 3 is 2.68 bits per heavy atom. The third-order valence-electron chi connectivity index (χ3n) is 3.17. The predicted octanol–water partition coefficient (Wildman–Crippen LogP) is 3.04. The van der Waals surface area contributed by atoms with E-state index in [4.69, 9.17) is 4.74 Å². The summed E-state index contributed by atoms with van der Waals surface area (Å²) in [4.78, 5) is 4.42. The molecule has 0 unspecified atom stereocenters. The minimum atomic E-state index is 0.0993. The topological polar surface area (TPSA) is 57.9 Å². The van der Waals surface area contributed by atoms with Crippen molar-refractivity contribution >= 4 is 5.82 Å². The van der Waals surface area contributed by atoms with Gasteiger partial charge in [-0.3, -0.25) is 0 Å². The number of hydrogen-bond donors (Lipinski definition) is 1. The molecular formula is C15H23N3O. The van der Waals surface area contributed by atoms with Crippen LogP contribution in [0.5, 0.6) is 0 Å². The normalized spacial score (nSPS) is 11.2. The zero-order valence-electron chi connectivity index (χ0n) is 12.5. The lowest BCUT2D eigenvalue weighted by molar-refractivity contribution is 0.157. The van der Waals surface area contributed by atoms with Gasteiger partial charge in [0.1, 0.15) is 11.9 Å². The lowest BCUT2D eigenvalue weighted by Crippen LogP contribution is -2.25. The summed E-state index contributed by atoms with van der Waals surface area (Å²) in [5.74, 6) is 0.686. The van der Waals surface area contributed by atoms with Crippen molar-refractivity contribution in [2.45, 2.75) is 34.1 Å². The maximum absolute atomic E-state index is 9.21. The fourth-order valence-corrected chi connectivity index (χ4v) is 1.90. The highest BCUT2D eigenvalue weighted by Gasteiger charge is 2.18. The van der Waals surface area contributed by atoms with Gasteiger partial charge in [0.25, 0.3) is 0 Å². The van der Waals surface area contributed by atoms with Gasteiger partial charge in [0.05, 0.1) is 5.56 Å². The summed E-state index contributed by atoms with van der Waals surface area (Å²) < 4.78 is 5.12. The Hall–Kier alpha value is -1.60. The Balaban J connectivity index is 2.80. The molecule has 0 aliphatic rings. The summed E-state index contributed by atoms with van der Waals surface area (Å²) in [6.07, 6.45) is 0.961. The molecule has 0 saturated carbocycles. The molecule has 0 aliphatic heterocycles. The minimum absolute atomic E-state index is 0.0993. The second-order valence-corrected chi connectivity index (χ2v) is 5.68. The van der Waals surface area contributed by atoms with Gasteiger partial charge in [0.2, 0.25) is 0 Å². The van der Waals surface area contributed by atoms with Gasteiger partial charge < -0.3 is 10.1 Å². The largest absolute Gasteiger partial charge is 0.385 e. The summed E-state index contributed by atoms with van der Waals surface area (Å²) in [6, 6.07) is 4.15. The summed E-state index contributed by atoms with van der Waals surface area (Å²) in [7, 11) is 1.71. The average molecular weight is 261 g/mol. The molecule has 4 nitrogen and oxygen atoms in total. The highest BCUT2D eigenvalue weighted by molar-refractivity contribution is 5.56. The number of ether oxygens (including phenoxy) is 1. The monoisotopic (exact) mass is 261 g/mol. The molecule has 0 bridgehead atoms. The molecule has 104 valence electrons. The summed E-state index contributed by atoms with van der Waals surface area (Å²) in [6.45, 7) is 9.73. The van der Waals surface area contributed by atoms with Gasteiger partial charge in [-0.2, -0.15) is 5.26 Å². The van der Waals surface area contributed by atoms with Crippen molar-refractivity contribution in [3.05, 3.63) is 22.9 Å². The molecule has 1 N–H and O–H groups in total. The van der Waals surface area contributed by atoms with Gasteiger partial charge in [-0.15, -0.1) is 0 Å². The molecule has 1 rings (SSSR count). The van der Waals surface area contributed by atoms with Crippen LogP contribution in [-0.4, -0.2) is 25.2 Å². The molecular weight excluding hydrogens is 238 g/mol. The molecule has 0 fully saturated rings. The molecule has 4 heteroatoms. The third-order valence-corrected chi connectivity index (χ3v) is 3.17. The van der Waals surface area contributed by atoms with Crippen LogP contribution < -0.4 is 5.32 Å². The van der Waals surface area contributed by atoms with Crippen molar-refractivity contribution in [2.75, 3.05) is 25.6 Å². The van der Waals surface area contributed by atoms with E-state index in [0.29, 0.717) is 11.4 Å². The number of anilines is 1. The first kappa shape index (κ1) is 15.5. The molecule has 0 spiro atoms. The maximum Gasteiger partial charge on any atom is 0.144 e. The van der Waals surface area contributed by atoms with Gasteiger partial charge in [0.15, 0.2) is 0 Å². The van der Waals surface area contributed by atoms with E-state index < -0.39 is 0 Å². The molecule has 0 amide bonds. The highest BCUT2D eigenvalue weighted by atomic mass is 16.5. The van der Waals surface area contributed by atoms with E-state index >= 15 is 0 Å². The fourth-order valence-electron chi connectivity index (χ4n) is 1.90. The summed E-state index contributed by atoms with van der Waals surface area (Å²) in [5, 5.41) is 12.5. The van der Waals surface area contributed by atoms with E-state index in [0.717, 1.165) is 30.8 Å². The van der Waals surface area contributed by atoms with Gasteiger partial charge in [-0.1, -0.05) is 13.8 Å². The average Bonchev–Trinajstić information content (AvgIpc) is 2.33. The molecule has 0 aliphatic carbocycles. The second kappa shape index (κ2) is 6.53. The Bertz CT molecular complexity index is 475. The van der Waals surface area contributed by atoms with Crippen LogP contribution in [0.3, 0.4) is 0 Å². The van der Waals surface area contributed by atoms with Crippen LogP contribution in [0, 0.1) is 30.6 Å². The molecule has 1 aromatic rings. The molecule has 19 heavy (non-hydrogen) atoms. The lowest BCUT2D eigenvalue weighted by Gasteiger charge is -2.25. The van der Waals surface area contributed by atoms with Gasteiger partial charge in [-0.25, -0.2) is 4.98 Å². The number of rotatable bonds is 6. The van der Waals surface area contributed by atoms with Gasteiger partial charge in [0, 0.05) is 26.0 Å². The van der Waals surface area contributed by atoms with E-state index in [1.165, 1.54) is 0 Å². The van der Waals surface area contributed by atoms with Crippen molar-refractivity contribution < 1.29 is 4.74 Å². The first-order valence-electron chi connectivity index (χ1n) is 6.51. The van der Waals surface area contributed by atoms with Crippen LogP contribution in [0.1, 0.15) is 37.1 Å². The predicted molar refractivity (Wildman–Crippen MR) is 77.2 cm³/mol. The number of nitrogens with zero attached hydrogens (tertiary/aromatic N) is 2. The number of aromatic nitrogens is 1. The van der Waals surface area contributed by atoms with Crippen molar-refractivity contribution in [1.82, 2.24) is 4.98 Å². The van der Waals surface area contributed by atoms with Crippen molar-refractivity contribution in [1.29, 1.82) is 5.26 Å². The summed E-state index contributed by atoms with van der Waals surface area (Å²) in [5.41, 5.74) is 2.62. The number of pyridine rings is 1. The van der Waals surface area contributed by atoms with E-state index in [2.05, 4.69) is 30.2 Å². The summed E-state index contributed by atoms with van der Waals surface area (Å²) >= 11 is 0. The van der Waals surface area contributed by atoms with E-state index in [1.54, 1.807) is 7.11 Å². The zero-order valence-corrected chi connectivity index (χ0v) is 12.5. The molecule has 0 saturated heterocycles. The van der Waals surface area contributed by atoms with Crippen LogP contribution in [0.25, 0.3) is 0 Å². The molecule has 1 aromatic heterocycles.